The first-order valence-electron chi connectivity index (χ1n) is 5.87. The standard InChI is InChI=1S/C13H14Cl2N2O3S/c1-13(2,3)11(20)17-12(21)16-9-7(14)4-6(10(18)19)5-8(9)15/h4-5H,1-3H3,(H,18,19)(H2,16,17,20,21). The fourth-order valence-electron chi connectivity index (χ4n) is 1.25. The van der Waals surface area contributed by atoms with Crippen LogP contribution in [0.1, 0.15) is 31.1 Å². The molecule has 8 heteroatoms. The van der Waals surface area contributed by atoms with E-state index < -0.39 is 11.4 Å². The number of anilines is 1. The van der Waals surface area contributed by atoms with Crippen LogP contribution in [0.15, 0.2) is 12.1 Å². The number of aromatic carboxylic acids is 1. The molecule has 114 valence electrons. The average molecular weight is 349 g/mol. The van der Waals surface area contributed by atoms with Gasteiger partial charge in [0, 0.05) is 5.41 Å². The molecule has 1 aromatic carbocycles. The van der Waals surface area contributed by atoms with Crippen molar-refractivity contribution in [3.8, 4) is 0 Å². The van der Waals surface area contributed by atoms with Gasteiger partial charge in [-0.2, -0.15) is 0 Å². The summed E-state index contributed by atoms with van der Waals surface area (Å²) in [5.41, 5.74) is -0.408. The number of carbonyl (C=O) groups is 2. The van der Waals surface area contributed by atoms with Crippen molar-refractivity contribution in [3.05, 3.63) is 27.7 Å². The molecule has 21 heavy (non-hydrogen) atoms. The maximum absolute atomic E-state index is 11.8. The Morgan fingerprint density at radius 3 is 2.05 bits per heavy atom. The second kappa shape index (κ2) is 6.60. The van der Waals surface area contributed by atoms with Crippen LogP contribution in [0.4, 0.5) is 5.69 Å². The van der Waals surface area contributed by atoms with E-state index in [-0.39, 0.29) is 32.3 Å². The van der Waals surface area contributed by atoms with Crippen molar-refractivity contribution in [1.82, 2.24) is 5.32 Å². The number of amides is 1. The first-order chi connectivity index (χ1) is 9.52. The van der Waals surface area contributed by atoms with Crippen LogP contribution in [0.2, 0.25) is 10.0 Å². The predicted octanol–water partition coefficient (Wildman–Crippen LogP) is 3.55. The van der Waals surface area contributed by atoms with Crippen LogP contribution in [0.3, 0.4) is 0 Å². The smallest absolute Gasteiger partial charge is 0.335 e. The minimum absolute atomic E-state index is 0.0294. The molecule has 0 aromatic heterocycles. The number of nitrogens with one attached hydrogen (secondary N) is 2. The van der Waals surface area contributed by atoms with Crippen molar-refractivity contribution >= 4 is 58.1 Å². The Balaban J connectivity index is 2.92. The van der Waals surface area contributed by atoms with Gasteiger partial charge in [-0.25, -0.2) is 4.79 Å². The molecule has 0 bridgehead atoms. The van der Waals surface area contributed by atoms with Crippen molar-refractivity contribution in [2.24, 2.45) is 5.41 Å². The number of hydrogen-bond acceptors (Lipinski definition) is 3. The number of benzene rings is 1. The molecule has 0 unspecified atom stereocenters. The van der Waals surface area contributed by atoms with Gasteiger partial charge in [-0.15, -0.1) is 0 Å². The summed E-state index contributed by atoms with van der Waals surface area (Å²) in [6, 6.07) is 2.48. The van der Waals surface area contributed by atoms with E-state index >= 15 is 0 Å². The monoisotopic (exact) mass is 348 g/mol. The number of carboxylic acid groups (broad SMARTS) is 1. The summed E-state index contributed by atoms with van der Waals surface area (Å²) in [7, 11) is 0. The van der Waals surface area contributed by atoms with Gasteiger partial charge >= 0.3 is 5.97 Å². The van der Waals surface area contributed by atoms with Crippen LogP contribution in [0.5, 0.6) is 0 Å². The molecule has 0 fully saturated rings. The van der Waals surface area contributed by atoms with Gasteiger partial charge in [0.15, 0.2) is 5.11 Å². The Morgan fingerprint density at radius 1 is 1.19 bits per heavy atom. The van der Waals surface area contributed by atoms with E-state index in [9.17, 15) is 9.59 Å². The van der Waals surface area contributed by atoms with E-state index in [1.165, 1.54) is 12.1 Å². The highest BCUT2D eigenvalue weighted by atomic mass is 35.5. The van der Waals surface area contributed by atoms with Crippen LogP contribution in [0.25, 0.3) is 0 Å². The Morgan fingerprint density at radius 2 is 1.67 bits per heavy atom. The van der Waals surface area contributed by atoms with Crippen molar-refractivity contribution < 1.29 is 14.7 Å². The summed E-state index contributed by atoms with van der Waals surface area (Å²) < 4.78 is 0. The number of thiocarbonyl (C=S) groups is 1. The van der Waals surface area contributed by atoms with Gasteiger partial charge in [0.25, 0.3) is 0 Å². The molecular formula is C13H14Cl2N2O3S. The number of rotatable bonds is 2. The quantitative estimate of drug-likeness (QED) is 0.712. The number of carbonyl (C=O) groups excluding carboxylic acids is 1. The summed E-state index contributed by atoms with van der Waals surface area (Å²) in [5, 5.41) is 14.3. The van der Waals surface area contributed by atoms with Crippen LogP contribution in [-0.2, 0) is 4.79 Å². The normalized spacial score (nSPS) is 10.9. The predicted molar refractivity (Wildman–Crippen MR) is 87.2 cm³/mol. The van der Waals surface area contributed by atoms with Crippen LogP contribution in [-0.4, -0.2) is 22.1 Å². The van der Waals surface area contributed by atoms with E-state index in [4.69, 9.17) is 40.5 Å². The van der Waals surface area contributed by atoms with Crippen LogP contribution in [0, 0.1) is 5.41 Å². The lowest BCUT2D eigenvalue weighted by Gasteiger charge is -2.19. The first kappa shape index (κ1) is 17.7. The van der Waals surface area contributed by atoms with E-state index in [2.05, 4.69) is 10.6 Å². The molecule has 1 rings (SSSR count). The summed E-state index contributed by atoms with van der Waals surface area (Å²) in [6.45, 7) is 5.23. The molecule has 0 saturated heterocycles. The topological polar surface area (TPSA) is 78.4 Å². The molecule has 3 N–H and O–H groups in total. The second-order valence-corrected chi connectivity index (χ2v) is 6.50. The largest absolute Gasteiger partial charge is 0.478 e. The van der Waals surface area contributed by atoms with Crippen molar-refractivity contribution in [3.63, 3.8) is 0 Å². The zero-order valence-corrected chi connectivity index (χ0v) is 13.9. The molecule has 1 amide bonds. The van der Waals surface area contributed by atoms with E-state index in [0.29, 0.717) is 0 Å². The maximum Gasteiger partial charge on any atom is 0.335 e. The summed E-state index contributed by atoms with van der Waals surface area (Å²) in [4.78, 5) is 22.7. The van der Waals surface area contributed by atoms with Crippen LogP contribution < -0.4 is 10.6 Å². The molecule has 0 aliphatic rings. The molecule has 0 aliphatic carbocycles. The van der Waals surface area contributed by atoms with Crippen molar-refractivity contribution in [1.29, 1.82) is 0 Å². The molecule has 1 aromatic rings. The number of carboxylic acids is 1. The van der Waals surface area contributed by atoms with Gasteiger partial charge in [-0.3, -0.25) is 4.79 Å². The molecule has 0 aliphatic heterocycles. The van der Waals surface area contributed by atoms with E-state index in [1.807, 2.05) is 0 Å². The zero-order valence-electron chi connectivity index (χ0n) is 11.6. The number of halogens is 2. The van der Waals surface area contributed by atoms with Gasteiger partial charge in [0.05, 0.1) is 21.3 Å². The molecule has 0 spiro atoms. The third-order valence-corrected chi connectivity index (χ3v) is 3.24. The van der Waals surface area contributed by atoms with Crippen LogP contribution >= 0.6 is 35.4 Å². The lowest BCUT2D eigenvalue weighted by atomic mass is 9.96. The molecule has 0 radical (unpaired) electrons. The van der Waals surface area contributed by atoms with Gasteiger partial charge in [0.2, 0.25) is 5.91 Å². The van der Waals surface area contributed by atoms with Gasteiger partial charge < -0.3 is 15.7 Å². The minimum atomic E-state index is -1.14. The lowest BCUT2D eigenvalue weighted by Crippen LogP contribution is -2.41. The van der Waals surface area contributed by atoms with E-state index in [1.54, 1.807) is 20.8 Å². The minimum Gasteiger partial charge on any atom is -0.478 e. The lowest BCUT2D eigenvalue weighted by molar-refractivity contribution is -0.126. The fourth-order valence-corrected chi connectivity index (χ4v) is 2.03. The first-order valence-corrected chi connectivity index (χ1v) is 7.03. The highest BCUT2D eigenvalue weighted by molar-refractivity contribution is 7.80. The SMILES string of the molecule is CC(C)(C)C(=O)NC(=S)Nc1c(Cl)cc(C(=O)O)cc1Cl. The third-order valence-electron chi connectivity index (χ3n) is 2.44. The Kier molecular flexibility index (Phi) is 5.55. The zero-order chi connectivity index (χ0) is 16.4. The molecular weight excluding hydrogens is 335 g/mol. The van der Waals surface area contributed by atoms with Gasteiger partial charge in [-0.05, 0) is 24.4 Å². The Hall–Kier alpha value is -1.37. The molecule has 0 heterocycles. The Labute approximate surface area is 137 Å². The highest BCUT2D eigenvalue weighted by Crippen LogP contribution is 2.32. The van der Waals surface area contributed by atoms with Gasteiger partial charge in [-0.1, -0.05) is 44.0 Å². The molecule has 5 nitrogen and oxygen atoms in total. The van der Waals surface area contributed by atoms with Crippen molar-refractivity contribution in [2.45, 2.75) is 20.8 Å². The van der Waals surface area contributed by atoms with Crippen molar-refractivity contribution in [2.75, 3.05) is 5.32 Å². The fraction of sp³-hybridized carbons (Fsp3) is 0.308. The molecule has 0 atom stereocenters. The summed E-state index contributed by atoms with van der Waals surface area (Å²) >= 11 is 16.9. The van der Waals surface area contributed by atoms with E-state index in [0.717, 1.165) is 0 Å². The van der Waals surface area contributed by atoms with Gasteiger partial charge in [0.1, 0.15) is 0 Å². The third kappa shape index (κ3) is 4.84. The maximum atomic E-state index is 11.8. The Bertz CT molecular complexity index is 589. The summed E-state index contributed by atoms with van der Waals surface area (Å²) in [5.74, 6) is -1.41. The average Bonchev–Trinajstić information content (AvgIpc) is 2.32. The highest BCUT2D eigenvalue weighted by Gasteiger charge is 2.22. The summed E-state index contributed by atoms with van der Waals surface area (Å²) in [6.07, 6.45) is 0. The second-order valence-electron chi connectivity index (χ2n) is 5.28. The molecule has 0 saturated carbocycles. The number of hydrogen-bond donors (Lipinski definition) is 3.